The maximum absolute atomic E-state index is 4.69. The number of hydrogen-bond donors (Lipinski definition) is 3. The molecule has 6 nitrogen and oxygen atoms in total. The second-order valence-electron chi connectivity index (χ2n) is 6.16. The minimum Gasteiger partial charge on any atom is -0.341 e. The lowest BCUT2D eigenvalue weighted by Crippen LogP contribution is -2.14. The molecule has 2 aromatic heterocycles. The minimum absolute atomic E-state index is 0.606. The second-order valence-corrected chi connectivity index (χ2v) is 6.16. The molecule has 0 fully saturated rings. The quantitative estimate of drug-likeness (QED) is 0.524. The lowest BCUT2D eigenvalue weighted by molar-refractivity contribution is 0.646. The molecule has 2 heterocycles. The molecule has 2 aromatic carbocycles. The summed E-state index contributed by atoms with van der Waals surface area (Å²) in [4.78, 5) is 12.6. The van der Waals surface area contributed by atoms with E-state index >= 15 is 0 Å². The summed E-state index contributed by atoms with van der Waals surface area (Å²) in [5.74, 6) is 2.45. The Labute approximate surface area is 145 Å². The standard InChI is InChI=1S/C19H20N6/c1-12-8-9-15-18(13(12)2)22-16(21-15)10-20-11-17-23-19(25-24-17)14-6-4-3-5-7-14/h3-9,20H,10-11H2,1-2H3,(H,21,22)(H,23,24,25). The van der Waals surface area contributed by atoms with Crippen LogP contribution in [0.15, 0.2) is 42.5 Å². The number of aromatic nitrogens is 5. The zero-order valence-electron chi connectivity index (χ0n) is 14.3. The molecule has 4 aromatic rings. The summed E-state index contributed by atoms with van der Waals surface area (Å²) < 4.78 is 0. The predicted octanol–water partition coefficient (Wildman–Crippen LogP) is 3.25. The second kappa shape index (κ2) is 6.49. The van der Waals surface area contributed by atoms with Gasteiger partial charge in [0.05, 0.1) is 24.1 Å². The van der Waals surface area contributed by atoms with Gasteiger partial charge in [0.15, 0.2) is 5.82 Å². The summed E-state index contributed by atoms with van der Waals surface area (Å²) >= 11 is 0. The van der Waals surface area contributed by atoms with Crippen LogP contribution in [-0.4, -0.2) is 25.1 Å². The summed E-state index contributed by atoms with van der Waals surface area (Å²) in [5.41, 5.74) is 5.61. The van der Waals surface area contributed by atoms with Crippen molar-refractivity contribution in [3.05, 3.63) is 65.2 Å². The van der Waals surface area contributed by atoms with Gasteiger partial charge in [-0.2, -0.15) is 5.10 Å². The number of H-pyrrole nitrogens is 2. The van der Waals surface area contributed by atoms with Crippen molar-refractivity contribution in [1.82, 2.24) is 30.5 Å². The Morgan fingerprint density at radius 2 is 1.72 bits per heavy atom. The monoisotopic (exact) mass is 332 g/mol. The summed E-state index contributed by atoms with van der Waals surface area (Å²) in [5, 5.41) is 10.6. The molecule has 0 saturated heterocycles. The van der Waals surface area contributed by atoms with E-state index in [1.165, 1.54) is 11.1 Å². The van der Waals surface area contributed by atoms with Crippen LogP contribution in [0, 0.1) is 13.8 Å². The zero-order chi connectivity index (χ0) is 17.2. The molecule has 0 spiro atoms. The van der Waals surface area contributed by atoms with Gasteiger partial charge >= 0.3 is 0 Å². The van der Waals surface area contributed by atoms with Gasteiger partial charge in [-0.25, -0.2) is 9.97 Å². The van der Waals surface area contributed by atoms with E-state index in [9.17, 15) is 0 Å². The van der Waals surface area contributed by atoms with Crippen molar-refractivity contribution in [1.29, 1.82) is 0 Å². The summed E-state index contributed by atoms with van der Waals surface area (Å²) in [6.07, 6.45) is 0. The van der Waals surface area contributed by atoms with Crippen LogP contribution in [0.3, 0.4) is 0 Å². The van der Waals surface area contributed by atoms with Crippen LogP contribution >= 0.6 is 0 Å². The third-order valence-corrected chi connectivity index (χ3v) is 4.38. The number of benzene rings is 2. The average Bonchev–Trinajstić information content (AvgIpc) is 3.26. The van der Waals surface area contributed by atoms with Crippen LogP contribution in [0.1, 0.15) is 22.8 Å². The first kappa shape index (κ1) is 15.5. The van der Waals surface area contributed by atoms with E-state index in [-0.39, 0.29) is 0 Å². The molecule has 0 aliphatic carbocycles. The normalized spacial score (nSPS) is 11.3. The molecule has 0 aliphatic rings. The first-order chi connectivity index (χ1) is 12.2. The van der Waals surface area contributed by atoms with Crippen molar-refractivity contribution >= 4 is 11.0 Å². The third-order valence-electron chi connectivity index (χ3n) is 4.38. The first-order valence-corrected chi connectivity index (χ1v) is 8.33. The number of fused-ring (bicyclic) bond motifs is 1. The molecule has 0 saturated carbocycles. The molecule has 0 aliphatic heterocycles. The molecule has 25 heavy (non-hydrogen) atoms. The molecule has 0 amide bonds. The molecule has 0 bridgehead atoms. The lowest BCUT2D eigenvalue weighted by atomic mass is 10.1. The van der Waals surface area contributed by atoms with Crippen LogP contribution in [0.5, 0.6) is 0 Å². The molecular formula is C19H20N6. The van der Waals surface area contributed by atoms with E-state index in [4.69, 9.17) is 4.98 Å². The lowest BCUT2D eigenvalue weighted by Gasteiger charge is -1.99. The number of nitrogens with one attached hydrogen (secondary N) is 3. The summed E-state index contributed by atoms with van der Waals surface area (Å²) in [7, 11) is 0. The van der Waals surface area contributed by atoms with Gasteiger partial charge in [0.2, 0.25) is 0 Å². The van der Waals surface area contributed by atoms with Gasteiger partial charge in [-0.1, -0.05) is 36.4 Å². The van der Waals surface area contributed by atoms with Gasteiger partial charge in [0.1, 0.15) is 11.6 Å². The Kier molecular flexibility index (Phi) is 4.03. The van der Waals surface area contributed by atoms with E-state index in [0.29, 0.717) is 18.9 Å². The van der Waals surface area contributed by atoms with Crippen LogP contribution < -0.4 is 5.32 Å². The van der Waals surface area contributed by atoms with Crippen LogP contribution in [-0.2, 0) is 13.1 Å². The smallest absolute Gasteiger partial charge is 0.181 e. The third kappa shape index (κ3) is 3.16. The molecular weight excluding hydrogens is 312 g/mol. The summed E-state index contributed by atoms with van der Waals surface area (Å²) in [6, 6.07) is 14.1. The van der Waals surface area contributed by atoms with Crippen LogP contribution in [0.2, 0.25) is 0 Å². The van der Waals surface area contributed by atoms with Gasteiger partial charge in [0, 0.05) is 5.56 Å². The van der Waals surface area contributed by atoms with Gasteiger partial charge in [-0.15, -0.1) is 0 Å². The van der Waals surface area contributed by atoms with E-state index in [1.54, 1.807) is 0 Å². The number of aryl methyl sites for hydroxylation is 2. The van der Waals surface area contributed by atoms with E-state index in [0.717, 1.165) is 28.2 Å². The van der Waals surface area contributed by atoms with Crippen molar-refractivity contribution < 1.29 is 0 Å². The highest BCUT2D eigenvalue weighted by Crippen LogP contribution is 2.19. The van der Waals surface area contributed by atoms with Crippen molar-refractivity contribution in [2.75, 3.05) is 0 Å². The number of imidazole rings is 1. The minimum atomic E-state index is 0.606. The van der Waals surface area contributed by atoms with Crippen molar-refractivity contribution in [2.45, 2.75) is 26.9 Å². The fourth-order valence-electron chi connectivity index (χ4n) is 2.84. The Balaban J connectivity index is 1.41. The van der Waals surface area contributed by atoms with E-state index in [2.05, 4.69) is 51.5 Å². The maximum Gasteiger partial charge on any atom is 0.181 e. The predicted molar refractivity (Wildman–Crippen MR) is 97.9 cm³/mol. The Morgan fingerprint density at radius 3 is 2.56 bits per heavy atom. The molecule has 6 heteroatoms. The number of aromatic amines is 2. The van der Waals surface area contributed by atoms with Crippen molar-refractivity contribution in [3.63, 3.8) is 0 Å². The van der Waals surface area contributed by atoms with Gasteiger partial charge in [0.25, 0.3) is 0 Å². The SMILES string of the molecule is Cc1ccc2[nH]c(CNCc3nc(-c4ccccc4)n[nH]3)nc2c1C. The van der Waals surface area contributed by atoms with E-state index in [1.807, 2.05) is 30.3 Å². The molecule has 0 unspecified atom stereocenters. The number of hydrogen-bond acceptors (Lipinski definition) is 4. The van der Waals surface area contributed by atoms with Crippen molar-refractivity contribution in [3.8, 4) is 11.4 Å². The highest BCUT2D eigenvalue weighted by atomic mass is 15.2. The molecule has 3 N–H and O–H groups in total. The Bertz CT molecular complexity index is 999. The van der Waals surface area contributed by atoms with E-state index < -0.39 is 0 Å². The number of nitrogens with zero attached hydrogens (tertiary/aromatic N) is 3. The Morgan fingerprint density at radius 1 is 0.920 bits per heavy atom. The van der Waals surface area contributed by atoms with Crippen LogP contribution in [0.25, 0.3) is 22.4 Å². The maximum atomic E-state index is 4.69. The van der Waals surface area contributed by atoms with Crippen molar-refractivity contribution in [2.24, 2.45) is 0 Å². The summed E-state index contributed by atoms with van der Waals surface area (Å²) in [6.45, 7) is 5.47. The zero-order valence-corrected chi connectivity index (χ0v) is 14.3. The average molecular weight is 332 g/mol. The molecule has 126 valence electrons. The first-order valence-electron chi connectivity index (χ1n) is 8.33. The topological polar surface area (TPSA) is 82.3 Å². The van der Waals surface area contributed by atoms with Gasteiger partial charge in [-0.05, 0) is 31.0 Å². The number of rotatable bonds is 5. The Hall–Kier alpha value is -2.99. The van der Waals surface area contributed by atoms with Gasteiger partial charge < -0.3 is 10.3 Å². The highest BCUT2D eigenvalue weighted by Gasteiger charge is 2.08. The largest absolute Gasteiger partial charge is 0.341 e. The van der Waals surface area contributed by atoms with Gasteiger partial charge in [-0.3, -0.25) is 5.10 Å². The molecule has 0 radical (unpaired) electrons. The fraction of sp³-hybridized carbons (Fsp3) is 0.211. The molecule has 0 atom stereocenters. The van der Waals surface area contributed by atoms with Crippen LogP contribution in [0.4, 0.5) is 0 Å². The fourth-order valence-corrected chi connectivity index (χ4v) is 2.84. The highest BCUT2D eigenvalue weighted by molar-refractivity contribution is 5.79. The molecule has 4 rings (SSSR count).